The summed E-state index contributed by atoms with van der Waals surface area (Å²) in [5, 5.41) is 3.46. The van der Waals surface area contributed by atoms with Crippen LogP contribution in [0.4, 0.5) is 5.69 Å². The quantitative estimate of drug-likeness (QED) is 0.891. The summed E-state index contributed by atoms with van der Waals surface area (Å²) in [6, 6.07) is 9.10. The van der Waals surface area contributed by atoms with Crippen molar-refractivity contribution in [2.75, 3.05) is 25.5 Å². The fraction of sp³-hybridized carbons (Fsp3) is 0.538. The highest BCUT2D eigenvalue weighted by Gasteiger charge is 2.21. The molecule has 0 atom stereocenters. The number of likely N-dealkylation sites (N-methyl/N-ethyl adjacent to an activating group) is 1. The zero-order chi connectivity index (χ0) is 11.4. The summed E-state index contributed by atoms with van der Waals surface area (Å²) in [4.78, 5) is 2.47. The van der Waals surface area contributed by atoms with Crippen LogP contribution in [0.3, 0.4) is 0 Å². The Balaban J connectivity index is 1.73. The van der Waals surface area contributed by atoms with E-state index in [1.54, 1.807) is 0 Å². The molecule has 1 aromatic carbocycles. The van der Waals surface area contributed by atoms with Crippen LogP contribution in [0.2, 0.25) is 0 Å². The number of nitrogens with one attached hydrogen (secondary N) is 1. The standard InChI is InChI=1S/C13H19BrN2/c1-16(11-5-4-6-11)10-9-15-13-8-3-2-7-12(13)14/h2-3,7-8,11,15H,4-6,9-10H2,1H3. The van der Waals surface area contributed by atoms with Gasteiger partial charge in [0.25, 0.3) is 0 Å². The molecule has 0 aliphatic heterocycles. The van der Waals surface area contributed by atoms with Gasteiger partial charge in [0.1, 0.15) is 0 Å². The molecule has 0 saturated heterocycles. The monoisotopic (exact) mass is 282 g/mol. The minimum absolute atomic E-state index is 0.834. The zero-order valence-electron chi connectivity index (χ0n) is 9.75. The first kappa shape index (κ1) is 11.9. The molecule has 1 aromatic rings. The Kier molecular flexibility index (Phi) is 4.24. The number of halogens is 1. The minimum Gasteiger partial charge on any atom is -0.383 e. The molecule has 1 saturated carbocycles. The molecule has 2 rings (SSSR count). The maximum atomic E-state index is 3.54. The number of anilines is 1. The van der Waals surface area contributed by atoms with Crippen LogP contribution in [0.25, 0.3) is 0 Å². The van der Waals surface area contributed by atoms with Gasteiger partial charge >= 0.3 is 0 Å². The van der Waals surface area contributed by atoms with Gasteiger partial charge in [-0.25, -0.2) is 0 Å². The molecule has 0 unspecified atom stereocenters. The first-order valence-corrected chi connectivity index (χ1v) is 6.75. The molecule has 1 N–H and O–H groups in total. The van der Waals surface area contributed by atoms with Crippen molar-refractivity contribution in [1.82, 2.24) is 4.90 Å². The van der Waals surface area contributed by atoms with Crippen LogP contribution in [0.15, 0.2) is 28.7 Å². The highest BCUT2D eigenvalue weighted by molar-refractivity contribution is 9.10. The third-order valence-corrected chi connectivity index (χ3v) is 4.04. The topological polar surface area (TPSA) is 15.3 Å². The third kappa shape index (κ3) is 2.98. The summed E-state index contributed by atoms with van der Waals surface area (Å²) >= 11 is 3.54. The summed E-state index contributed by atoms with van der Waals surface area (Å²) in [5.41, 5.74) is 1.18. The van der Waals surface area contributed by atoms with Crippen molar-refractivity contribution < 1.29 is 0 Å². The second-order valence-electron chi connectivity index (χ2n) is 4.47. The fourth-order valence-corrected chi connectivity index (χ4v) is 2.41. The smallest absolute Gasteiger partial charge is 0.0485 e. The van der Waals surface area contributed by atoms with Crippen LogP contribution >= 0.6 is 15.9 Å². The van der Waals surface area contributed by atoms with E-state index in [0.717, 1.165) is 23.6 Å². The Hall–Kier alpha value is -0.540. The number of hydrogen-bond donors (Lipinski definition) is 1. The molecule has 0 amide bonds. The molecular formula is C13H19BrN2. The predicted molar refractivity (Wildman–Crippen MR) is 72.9 cm³/mol. The zero-order valence-corrected chi connectivity index (χ0v) is 11.3. The molecule has 88 valence electrons. The summed E-state index contributed by atoms with van der Waals surface area (Å²) in [6.07, 6.45) is 4.17. The van der Waals surface area contributed by atoms with Crippen molar-refractivity contribution in [3.8, 4) is 0 Å². The van der Waals surface area contributed by atoms with Crippen LogP contribution in [0.1, 0.15) is 19.3 Å². The Morgan fingerprint density at radius 1 is 1.38 bits per heavy atom. The molecule has 16 heavy (non-hydrogen) atoms. The van der Waals surface area contributed by atoms with Crippen molar-refractivity contribution in [2.24, 2.45) is 0 Å². The first-order chi connectivity index (χ1) is 7.77. The molecule has 2 nitrogen and oxygen atoms in total. The van der Waals surface area contributed by atoms with E-state index in [4.69, 9.17) is 0 Å². The van der Waals surface area contributed by atoms with E-state index < -0.39 is 0 Å². The Labute approximate surface area is 106 Å². The van der Waals surface area contributed by atoms with E-state index >= 15 is 0 Å². The maximum absolute atomic E-state index is 3.54. The van der Waals surface area contributed by atoms with Gasteiger partial charge in [-0.1, -0.05) is 18.6 Å². The average molecular weight is 283 g/mol. The highest BCUT2D eigenvalue weighted by atomic mass is 79.9. The second-order valence-corrected chi connectivity index (χ2v) is 5.33. The fourth-order valence-electron chi connectivity index (χ4n) is 1.98. The van der Waals surface area contributed by atoms with Gasteiger partial charge in [0, 0.05) is 29.3 Å². The normalized spacial score (nSPS) is 16.2. The van der Waals surface area contributed by atoms with E-state index in [-0.39, 0.29) is 0 Å². The molecule has 0 radical (unpaired) electrons. The molecular weight excluding hydrogens is 264 g/mol. The van der Waals surface area contributed by atoms with Gasteiger partial charge in [-0.2, -0.15) is 0 Å². The molecule has 1 aliphatic carbocycles. The van der Waals surface area contributed by atoms with Gasteiger partial charge in [-0.3, -0.25) is 0 Å². The lowest BCUT2D eigenvalue weighted by Gasteiger charge is -2.34. The van der Waals surface area contributed by atoms with Gasteiger partial charge in [0.15, 0.2) is 0 Å². The second kappa shape index (κ2) is 5.69. The summed E-state index contributed by atoms with van der Waals surface area (Å²) in [5.74, 6) is 0. The predicted octanol–water partition coefficient (Wildman–Crippen LogP) is 3.35. The van der Waals surface area contributed by atoms with Crippen molar-refractivity contribution in [2.45, 2.75) is 25.3 Å². The lowest BCUT2D eigenvalue weighted by Crippen LogP contribution is -2.39. The van der Waals surface area contributed by atoms with Gasteiger partial charge in [-0.15, -0.1) is 0 Å². The van der Waals surface area contributed by atoms with Crippen molar-refractivity contribution in [3.05, 3.63) is 28.7 Å². The largest absolute Gasteiger partial charge is 0.383 e. The average Bonchev–Trinajstić information content (AvgIpc) is 2.18. The number of nitrogens with zero attached hydrogens (tertiary/aromatic N) is 1. The van der Waals surface area contributed by atoms with Crippen molar-refractivity contribution >= 4 is 21.6 Å². The van der Waals surface area contributed by atoms with Gasteiger partial charge in [-0.05, 0) is 48.0 Å². The van der Waals surface area contributed by atoms with E-state index in [1.807, 2.05) is 6.07 Å². The van der Waals surface area contributed by atoms with Crippen LogP contribution in [-0.2, 0) is 0 Å². The molecule has 0 bridgehead atoms. The van der Waals surface area contributed by atoms with Crippen LogP contribution in [-0.4, -0.2) is 31.1 Å². The number of benzene rings is 1. The number of rotatable bonds is 5. The minimum atomic E-state index is 0.834. The molecule has 0 aromatic heterocycles. The Bertz CT molecular complexity index is 336. The summed E-state index contributed by atoms with van der Waals surface area (Å²) in [6.45, 7) is 2.13. The summed E-state index contributed by atoms with van der Waals surface area (Å²) in [7, 11) is 2.23. The number of hydrogen-bond acceptors (Lipinski definition) is 2. The van der Waals surface area contributed by atoms with Gasteiger partial charge in [0.05, 0.1) is 0 Å². The van der Waals surface area contributed by atoms with Crippen LogP contribution < -0.4 is 5.32 Å². The van der Waals surface area contributed by atoms with E-state index in [1.165, 1.54) is 24.9 Å². The first-order valence-electron chi connectivity index (χ1n) is 5.96. The molecule has 0 heterocycles. The van der Waals surface area contributed by atoms with Crippen molar-refractivity contribution in [1.29, 1.82) is 0 Å². The number of para-hydroxylation sites is 1. The molecule has 0 spiro atoms. The van der Waals surface area contributed by atoms with E-state index in [0.29, 0.717) is 0 Å². The Morgan fingerprint density at radius 3 is 2.75 bits per heavy atom. The maximum Gasteiger partial charge on any atom is 0.0485 e. The highest BCUT2D eigenvalue weighted by Crippen LogP contribution is 2.23. The van der Waals surface area contributed by atoms with Crippen LogP contribution in [0, 0.1) is 0 Å². The van der Waals surface area contributed by atoms with Crippen LogP contribution in [0.5, 0.6) is 0 Å². The molecule has 1 fully saturated rings. The van der Waals surface area contributed by atoms with Crippen molar-refractivity contribution in [3.63, 3.8) is 0 Å². The van der Waals surface area contributed by atoms with E-state index in [2.05, 4.69) is 51.4 Å². The third-order valence-electron chi connectivity index (χ3n) is 3.35. The Morgan fingerprint density at radius 2 is 2.12 bits per heavy atom. The van der Waals surface area contributed by atoms with Gasteiger partial charge in [0.2, 0.25) is 0 Å². The molecule has 3 heteroatoms. The lowest BCUT2D eigenvalue weighted by molar-refractivity contribution is 0.165. The van der Waals surface area contributed by atoms with Gasteiger partial charge < -0.3 is 10.2 Å². The van der Waals surface area contributed by atoms with E-state index in [9.17, 15) is 0 Å². The lowest BCUT2D eigenvalue weighted by atomic mass is 9.92. The molecule has 1 aliphatic rings. The summed E-state index contributed by atoms with van der Waals surface area (Å²) < 4.78 is 1.14. The SMILES string of the molecule is CN(CCNc1ccccc1Br)C1CCC1.